The molecule has 6 atom stereocenters. The van der Waals surface area contributed by atoms with Gasteiger partial charge in [-0.05, 0) is 84.7 Å². The Balaban J connectivity index is 0.000000241. The molecule has 3 aromatic heterocycles. The summed E-state index contributed by atoms with van der Waals surface area (Å²) >= 11 is 0. The van der Waals surface area contributed by atoms with Crippen LogP contribution < -0.4 is 10.6 Å². The zero-order valence-corrected chi connectivity index (χ0v) is 34.8. The molecule has 2 saturated carbocycles. The number of H-pyrrole nitrogens is 2. The minimum Gasteiger partial charge on any atom is -0.453 e. The number of benzene rings is 2. The normalized spacial score (nSPS) is 20.1. The van der Waals surface area contributed by atoms with E-state index >= 15 is 0 Å². The van der Waals surface area contributed by atoms with E-state index in [2.05, 4.69) is 97.9 Å². The molecule has 2 aliphatic carbocycles. The smallest absolute Gasteiger partial charge is 0.407 e. The molecule has 312 valence electrons. The number of carbonyl (C=O) groups excluding carboxylic acids is 3. The first kappa shape index (κ1) is 42.8. The number of ether oxygens (including phenoxy) is 2. The Morgan fingerprint density at radius 2 is 1.56 bits per heavy atom. The van der Waals surface area contributed by atoms with Crippen LogP contribution in [0.25, 0.3) is 33.6 Å². The van der Waals surface area contributed by atoms with Gasteiger partial charge in [0.15, 0.2) is 0 Å². The first-order chi connectivity index (χ1) is 28.7. The fourth-order valence-electron chi connectivity index (χ4n) is 8.33. The zero-order valence-electron chi connectivity index (χ0n) is 34.8. The van der Waals surface area contributed by atoms with Crippen LogP contribution in [0.15, 0.2) is 91.8 Å². The second kappa shape index (κ2) is 20.7. The summed E-state index contributed by atoms with van der Waals surface area (Å²) in [5.74, 6) is 2.52. The van der Waals surface area contributed by atoms with Gasteiger partial charge >= 0.3 is 6.09 Å². The Labute approximate surface area is 347 Å². The number of alkyl carbamates (subject to hydrolysis) is 1. The summed E-state index contributed by atoms with van der Waals surface area (Å²) in [5, 5.41) is 5.66. The van der Waals surface area contributed by atoms with Crippen LogP contribution in [0.5, 0.6) is 0 Å². The van der Waals surface area contributed by atoms with Gasteiger partial charge in [-0.2, -0.15) is 0 Å². The van der Waals surface area contributed by atoms with E-state index in [9.17, 15) is 14.4 Å². The van der Waals surface area contributed by atoms with Crippen LogP contribution in [0.2, 0.25) is 0 Å². The van der Waals surface area contributed by atoms with Gasteiger partial charge in [0.1, 0.15) is 11.9 Å². The highest BCUT2D eigenvalue weighted by molar-refractivity contribution is 5.87. The molecule has 3 amide bonds. The van der Waals surface area contributed by atoms with Gasteiger partial charge < -0.3 is 35.0 Å². The van der Waals surface area contributed by atoms with E-state index in [1.807, 2.05) is 12.1 Å². The molecule has 8 rings (SSSR count). The molecule has 0 spiro atoms. The summed E-state index contributed by atoms with van der Waals surface area (Å²) in [7, 11) is 2.77. The number of methoxy groups -OCH3 is 2. The number of likely N-dealkylation sites (tertiary alicyclic amines) is 1. The molecule has 5 aromatic rings. The van der Waals surface area contributed by atoms with Crippen LogP contribution in [0.4, 0.5) is 4.79 Å². The Morgan fingerprint density at radius 3 is 2.14 bits per heavy atom. The Kier molecular flexibility index (Phi) is 15.0. The molecular weight excluding hydrogens is 745 g/mol. The number of amides is 3. The number of pyridine rings is 1. The Morgan fingerprint density at radius 1 is 0.864 bits per heavy atom. The molecule has 59 heavy (non-hydrogen) atoms. The quantitative estimate of drug-likeness (QED) is 0.104. The van der Waals surface area contributed by atoms with Gasteiger partial charge in [-0.1, -0.05) is 81.3 Å². The highest BCUT2D eigenvalue weighted by Crippen LogP contribution is 2.48. The maximum atomic E-state index is 13.4. The lowest BCUT2D eigenvalue weighted by Crippen LogP contribution is -2.54. The summed E-state index contributed by atoms with van der Waals surface area (Å²) in [4.78, 5) is 58.4. The van der Waals surface area contributed by atoms with Gasteiger partial charge in [-0.15, -0.1) is 0 Å². The molecule has 4 heterocycles. The van der Waals surface area contributed by atoms with Crippen LogP contribution >= 0.6 is 0 Å². The number of hydrogen-bond acceptors (Lipinski definition) is 8. The van der Waals surface area contributed by atoms with Crippen molar-refractivity contribution in [2.45, 2.75) is 90.4 Å². The SMILES string of the molecule is CCC.COC(=O)NC(C(=O)N1CCCC1c1ncc(-c2ccc(-c3ccc(-c4cnc[nH]4)cc3)cc2)[nH]1)C(C)OC.O=C(NCc1cccnc1)C1CC2CCC1C2. The van der Waals surface area contributed by atoms with Crippen LogP contribution in [0.1, 0.15) is 83.1 Å². The number of aromatic nitrogens is 5. The lowest BCUT2D eigenvalue weighted by atomic mass is 9.88. The number of nitrogens with one attached hydrogen (secondary N) is 4. The monoisotopic (exact) mass is 802 g/mol. The van der Waals surface area contributed by atoms with Crippen molar-refractivity contribution in [3.63, 3.8) is 0 Å². The Hall–Kier alpha value is -5.82. The third-order valence-electron chi connectivity index (χ3n) is 11.5. The second-order valence-corrected chi connectivity index (χ2v) is 15.6. The topological polar surface area (TPSA) is 167 Å². The lowest BCUT2D eigenvalue weighted by molar-refractivity contribution is -0.137. The maximum absolute atomic E-state index is 13.4. The molecule has 1 aliphatic heterocycles. The minimum atomic E-state index is -0.862. The van der Waals surface area contributed by atoms with Crippen LogP contribution in [-0.4, -0.2) is 80.6 Å². The summed E-state index contributed by atoms with van der Waals surface area (Å²) in [5.41, 5.74) is 7.25. The van der Waals surface area contributed by atoms with Crippen LogP contribution in [0, 0.1) is 17.8 Å². The predicted molar refractivity (Wildman–Crippen MR) is 228 cm³/mol. The molecule has 0 radical (unpaired) electrons. The molecule has 13 nitrogen and oxygen atoms in total. The lowest BCUT2D eigenvalue weighted by Gasteiger charge is -2.30. The van der Waals surface area contributed by atoms with E-state index in [1.165, 1.54) is 39.9 Å². The van der Waals surface area contributed by atoms with E-state index in [-0.39, 0.29) is 23.8 Å². The van der Waals surface area contributed by atoms with Gasteiger partial charge in [-0.3, -0.25) is 14.6 Å². The largest absolute Gasteiger partial charge is 0.453 e. The predicted octanol–water partition coefficient (Wildman–Crippen LogP) is 8.11. The molecule has 3 fully saturated rings. The summed E-state index contributed by atoms with van der Waals surface area (Å²) in [6.45, 7) is 7.18. The van der Waals surface area contributed by atoms with Gasteiger partial charge in [-0.25, -0.2) is 14.8 Å². The average Bonchev–Trinajstić information content (AvgIpc) is 4.14. The number of hydrogen-bond donors (Lipinski definition) is 4. The van der Waals surface area contributed by atoms with E-state index in [0.29, 0.717) is 19.0 Å². The van der Waals surface area contributed by atoms with Gasteiger partial charge in [0.25, 0.3) is 0 Å². The van der Waals surface area contributed by atoms with Gasteiger partial charge in [0.05, 0.1) is 49.4 Å². The molecule has 2 aromatic carbocycles. The summed E-state index contributed by atoms with van der Waals surface area (Å²) in [6.07, 6.45) is 15.5. The Bertz CT molecular complexity index is 2070. The first-order valence-corrected chi connectivity index (χ1v) is 20.8. The average molecular weight is 803 g/mol. The van der Waals surface area contributed by atoms with Crippen molar-refractivity contribution >= 4 is 17.9 Å². The van der Waals surface area contributed by atoms with Crippen molar-refractivity contribution in [2.24, 2.45) is 17.8 Å². The molecule has 1 saturated heterocycles. The summed E-state index contributed by atoms with van der Waals surface area (Å²) < 4.78 is 10.1. The molecule has 4 N–H and O–H groups in total. The molecule has 13 heteroatoms. The molecule has 6 unspecified atom stereocenters. The van der Waals surface area contributed by atoms with Gasteiger partial charge in [0.2, 0.25) is 11.8 Å². The third kappa shape index (κ3) is 10.8. The number of carbonyl (C=O) groups is 3. The van der Waals surface area contributed by atoms with Crippen molar-refractivity contribution in [1.29, 1.82) is 0 Å². The van der Waals surface area contributed by atoms with Crippen molar-refractivity contribution in [3.05, 3.63) is 103 Å². The summed E-state index contributed by atoms with van der Waals surface area (Å²) in [6, 6.07) is 19.4. The fourth-order valence-corrected chi connectivity index (χ4v) is 8.33. The molecular formula is C46H58N8O5. The first-order valence-electron chi connectivity index (χ1n) is 20.8. The van der Waals surface area contributed by atoms with Crippen molar-refractivity contribution in [3.8, 4) is 33.6 Å². The van der Waals surface area contributed by atoms with Gasteiger partial charge in [0, 0.05) is 38.5 Å². The van der Waals surface area contributed by atoms with Crippen molar-refractivity contribution in [1.82, 2.24) is 40.5 Å². The van der Waals surface area contributed by atoms with E-state index in [1.54, 1.807) is 42.9 Å². The zero-order chi connectivity index (χ0) is 41.7. The fraction of sp³-hybridized carbons (Fsp3) is 0.435. The molecule has 3 aliphatic rings. The van der Waals surface area contributed by atoms with E-state index in [4.69, 9.17) is 9.47 Å². The van der Waals surface area contributed by atoms with E-state index in [0.717, 1.165) is 70.2 Å². The van der Waals surface area contributed by atoms with Crippen LogP contribution in [-0.2, 0) is 25.6 Å². The number of rotatable bonds is 11. The number of imidazole rings is 2. The standard InChI is InChI=1S/C29H32N6O4.C14H18N2O.C3H8/c1-18(38-2)26(34-29(37)39-3)28(36)35-14-4-5-25(35)27-31-16-24(33-27)22-12-8-20(9-13-22)19-6-10-21(11-7-19)23-15-30-17-32-23;17-14(13-7-10-3-4-12(13)6-10)16-9-11-2-1-5-15-8-11;1-3-2/h6-13,15-18,25-26H,4-5,14H2,1-3H3,(H,30,32)(H,31,33)(H,34,37);1-2,5,8,10,12-13H,3-4,6-7,9H2,(H,16,17);3H2,1-2H3. The third-order valence-corrected chi connectivity index (χ3v) is 11.5. The highest BCUT2D eigenvalue weighted by atomic mass is 16.5. The van der Waals surface area contributed by atoms with Crippen molar-refractivity contribution in [2.75, 3.05) is 20.8 Å². The number of aromatic amines is 2. The molecule has 2 bridgehead atoms. The van der Waals surface area contributed by atoms with Crippen LogP contribution in [0.3, 0.4) is 0 Å². The minimum absolute atomic E-state index is 0.218. The number of nitrogens with zero attached hydrogens (tertiary/aromatic N) is 4. The second-order valence-electron chi connectivity index (χ2n) is 15.6. The highest BCUT2D eigenvalue weighted by Gasteiger charge is 2.43. The van der Waals surface area contributed by atoms with E-state index < -0.39 is 18.2 Å². The number of fused-ring (bicyclic) bond motifs is 2. The van der Waals surface area contributed by atoms with Crippen molar-refractivity contribution < 1.29 is 23.9 Å². The maximum Gasteiger partial charge on any atom is 0.407 e.